The van der Waals surface area contributed by atoms with Crippen molar-refractivity contribution in [3.8, 4) is 5.75 Å². The molecule has 0 aromatic heterocycles. The third kappa shape index (κ3) is 3.36. The van der Waals surface area contributed by atoms with Crippen molar-refractivity contribution in [3.63, 3.8) is 0 Å². The third-order valence-electron chi connectivity index (χ3n) is 4.51. The number of benzene rings is 1. The molecule has 5 nitrogen and oxygen atoms in total. The van der Waals surface area contributed by atoms with E-state index in [0.29, 0.717) is 6.04 Å². The summed E-state index contributed by atoms with van der Waals surface area (Å²) in [6, 6.07) is 7.17. The largest absolute Gasteiger partial charge is 0.508 e. The Morgan fingerprint density at radius 2 is 1.90 bits per heavy atom. The molecule has 1 unspecified atom stereocenters. The summed E-state index contributed by atoms with van der Waals surface area (Å²) in [5.41, 5.74) is 0.745. The quantitative estimate of drug-likeness (QED) is 0.739. The highest BCUT2D eigenvalue weighted by atomic mass is 16.3. The number of hydrogen-bond acceptors (Lipinski definition) is 4. The first kappa shape index (κ1) is 14.4. The Hall–Kier alpha value is -1.59. The number of amides is 1. The summed E-state index contributed by atoms with van der Waals surface area (Å²) in [6.07, 6.45) is 4.29. The van der Waals surface area contributed by atoms with Crippen LogP contribution in [0.2, 0.25) is 0 Å². The van der Waals surface area contributed by atoms with Crippen LogP contribution in [0, 0.1) is 0 Å². The van der Waals surface area contributed by atoms with Gasteiger partial charge in [0.25, 0.3) is 0 Å². The summed E-state index contributed by atoms with van der Waals surface area (Å²) in [5, 5.41) is 15.6. The summed E-state index contributed by atoms with van der Waals surface area (Å²) >= 11 is 0. The molecular formula is C16H23N3O2. The molecule has 1 atom stereocenters. The standard InChI is InChI=1S/C16H23N3O2/c20-14-5-3-12(4-6-14)18-16(21)15-2-1-11-19(15)13-7-9-17-10-8-13/h3-6,13,15,17,20H,1-2,7-11H2,(H,18,21). The summed E-state index contributed by atoms with van der Waals surface area (Å²) in [5.74, 6) is 0.293. The molecule has 0 aliphatic carbocycles. The van der Waals surface area contributed by atoms with Gasteiger partial charge in [-0.25, -0.2) is 0 Å². The van der Waals surface area contributed by atoms with Gasteiger partial charge in [0.2, 0.25) is 5.91 Å². The average Bonchev–Trinajstić information content (AvgIpc) is 3.00. The topological polar surface area (TPSA) is 64.6 Å². The molecule has 2 saturated heterocycles. The fourth-order valence-corrected chi connectivity index (χ4v) is 3.42. The number of hydrogen-bond donors (Lipinski definition) is 3. The molecule has 114 valence electrons. The Kier molecular flexibility index (Phi) is 4.41. The lowest BCUT2D eigenvalue weighted by Gasteiger charge is -2.35. The van der Waals surface area contributed by atoms with Crippen molar-refractivity contribution in [2.24, 2.45) is 0 Å². The van der Waals surface area contributed by atoms with Gasteiger partial charge in [-0.15, -0.1) is 0 Å². The van der Waals surface area contributed by atoms with Crippen LogP contribution in [0.5, 0.6) is 5.75 Å². The first-order valence-corrected chi connectivity index (χ1v) is 7.80. The van der Waals surface area contributed by atoms with E-state index in [1.165, 1.54) is 0 Å². The maximum atomic E-state index is 12.5. The SMILES string of the molecule is O=C(Nc1ccc(O)cc1)C1CCCN1C1CCNCC1. The molecule has 0 bridgehead atoms. The Morgan fingerprint density at radius 3 is 2.62 bits per heavy atom. The summed E-state index contributed by atoms with van der Waals surface area (Å²) in [4.78, 5) is 14.9. The molecule has 1 aromatic carbocycles. The lowest BCUT2D eigenvalue weighted by molar-refractivity contribution is -0.121. The van der Waals surface area contributed by atoms with Crippen LogP contribution < -0.4 is 10.6 Å². The molecule has 1 amide bonds. The molecule has 2 aliphatic rings. The van der Waals surface area contributed by atoms with E-state index in [1.807, 2.05) is 0 Å². The average molecular weight is 289 g/mol. The van der Waals surface area contributed by atoms with Crippen LogP contribution in [0.15, 0.2) is 24.3 Å². The van der Waals surface area contributed by atoms with E-state index in [4.69, 9.17) is 0 Å². The Labute approximate surface area is 125 Å². The maximum Gasteiger partial charge on any atom is 0.241 e. The molecule has 3 rings (SSSR count). The van der Waals surface area contributed by atoms with Gasteiger partial charge < -0.3 is 15.7 Å². The number of phenols is 1. The molecular weight excluding hydrogens is 266 g/mol. The first-order chi connectivity index (χ1) is 10.2. The van der Waals surface area contributed by atoms with Crippen LogP contribution in [-0.4, -0.2) is 47.6 Å². The van der Waals surface area contributed by atoms with Gasteiger partial charge in [-0.05, 0) is 69.6 Å². The molecule has 3 N–H and O–H groups in total. The van der Waals surface area contributed by atoms with Gasteiger partial charge in [-0.2, -0.15) is 0 Å². The van der Waals surface area contributed by atoms with Gasteiger partial charge in [-0.1, -0.05) is 0 Å². The van der Waals surface area contributed by atoms with E-state index >= 15 is 0 Å². The van der Waals surface area contributed by atoms with E-state index in [0.717, 1.165) is 51.0 Å². The number of likely N-dealkylation sites (tertiary alicyclic amines) is 1. The number of anilines is 1. The van der Waals surface area contributed by atoms with E-state index in [2.05, 4.69) is 15.5 Å². The Balaban J connectivity index is 1.63. The van der Waals surface area contributed by atoms with Crippen molar-refractivity contribution >= 4 is 11.6 Å². The lowest BCUT2D eigenvalue weighted by Crippen LogP contribution is -2.49. The van der Waals surface area contributed by atoms with Gasteiger partial charge in [0.1, 0.15) is 5.75 Å². The van der Waals surface area contributed by atoms with Gasteiger partial charge in [-0.3, -0.25) is 9.69 Å². The minimum atomic E-state index is -0.0121. The fourth-order valence-electron chi connectivity index (χ4n) is 3.42. The Bertz CT molecular complexity index is 483. The van der Waals surface area contributed by atoms with E-state index in [1.54, 1.807) is 24.3 Å². The van der Waals surface area contributed by atoms with E-state index in [-0.39, 0.29) is 17.7 Å². The third-order valence-corrected chi connectivity index (χ3v) is 4.51. The van der Waals surface area contributed by atoms with Gasteiger partial charge >= 0.3 is 0 Å². The molecule has 1 aromatic rings. The zero-order valence-electron chi connectivity index (χ0n) is 12.2. The molecule has 21 heavy (non-hydrogen) atoms. The summed E-state index contributed by atoms with van der Waals surface area (Å²) < 4.78 is 0. The number of phenolic OH excluding ortho intramolecular Hbond substituents is 1. The molecule has 5 heteroatoms. The number of carbonyl (C=O) groups is 1. The number of nitrogens with zero attached hydrogens (tertiary/aromatic N) is 1. The van der Waals surface area contributed by atoms with Gasteiger partial charge in [0.05, 0.1) is 6.04 Å². The minimum Gasteiger partial charge on any atom is -0.508 e. The highest BCUT2D eigenvalue weighted by Gasteiger charge is 2.35. The van der Waals surface area contributed by atoms with Crippen LogP contribution in [-0.2, 0) is 4.79 Å². The Morgan fingerprint density at radius 1 is 1.19 bits per heavy atom. The predicted molar refractivity (Wildman–Crippen MR) is 82.4 cm³/mol. The summed E-state index contributed by atoms with van der Waals surface area (Å²) in [6.45, 7) is 3.12. The number of aromatic hydroxyl groups is 1. The first-order valence-electron chi connectivity index (χ1n) is 7.80. The highest BCUT2D eigenvalue weighted by molar-refractivity contribution is 5.95. The van der Waals surface area contributed by atoms with Crippen LogP contribution in [0.1, 0.15) is 25.7 Å². The number of carbonyl (C=O) groups excluding carboxylic acids is 1. The van der Waals surface area contributed by atoms with Gasteiger partial charge in [0.15, 0.2) is 0 Å². The van der Waals surface area contributed by atoms with Crippen molar-refractivity contribution < 1.29 is 9.90 Å². The van der Waals surface area contributed by atoms with Gasteiger partial charge in [0, 0.05) is 11.7 Å². The van der Waals surface area contributed by atoms with E-state index in [9.17, 15) is 9.90 Å². The van der Waals surface area contributed by atoms with Crippen molar-refractivity contribution in [1.82, 2.24) is 10.2 Å². The van der Waals surface area contributed by atoms with Crippen molar-refractivity contribution in [2.45, 2.75) is 37.8 Å². The molecule has 2 heterocycles. The normalized spacial score (nSPS) is 24.1. The lowest BCUT2D eigenvalue weighted by atomic mass is 10.0. The second-order valence-corrected chi connectivity index (χ2v) is 5.91. The molecule has 0 saturated carbocycles. The highest BCUT2D eigenvalue weighted by Crippen LogP contribution is 2.25. The molecule has 2 fully saturated rings. The smallest absolute Gasteiger partial charge is 0.241 e. The number of nitrogens with one attached hydrogen (secondary N) is 2. The summed E-state index contributed by atoms with van der Waals surface area (Å²) in [7, 11) is 0. The minimum absolute atomic E-state index is 0.0121. The monoisotopic (exact) mass is 289 g/mol. The molecule has 0 radical (unpaired) electrons. The van der Waals surface area contributed by atoms with Crippen LogP contribution in [0.4, 0.5) is 5.69 Å². The second-order valence-electron chi connectivity index (χ2n) is 5.91. The zero-order chi connectivity index (χ0) is 14.7. The second kappa shape index (κ2) is 6.45. The fraction of sp³-hybridized carbons (Fsp3) is 0.562. The van der Waals surface area contributed by atoms with E-state index < -0.39 is 0 Å². The molecule has 2 aliphatic heterocycles. The van der Waals surface area contributed by atoms with Crippen molar-refractivity contribution in [2.75, 3.05) is 25.0 Å². The van der Waals surface area contributed by atoms with Crippen LogP contribution >= 0.6 is 0 Å². The van der Waals surface area contributed by atoms with Crippen LogP contribution in [0.3, 0.4) is 0 Å². The number of piperidine rings is 1. The predicted octanol–water partition coefficient (Wildman–Crippen LogP) is 1.55. The number of rotatable bonds is 3. The van der Waals surface area contributed by atoms with Crippen LogP contribution in [0.25, 0.3) is 0 Å². The van der Waals surface area contributed by atoms with Crippen molar-refractivity contribution in [1.29, 1.82) is 0 Å². The zero-order valence-corrected chi connectivity index (χ0v) is 12.2. The molecule has 0 spiro atoms. The maximum absolute atomic E-state index is 12.5. The van der Waals surface area contributed by atoms with Crippen molar-refractivity contribution in [3.05, 3.63) is 24.3 Å².